The molecule has 0 heterocycles. The van der Waals surface area contributed by atoms with Gasteiger partial charge in [0, 0.05) is 6.08 Å². The van der Waals surface area contributed by atoms with Gasteiger partial charge >= 0.3 is 0 Å². The van der Waals surface area contributed by atoms with Gasteiger partial charge in [0.05, 0.1) is 0 Å². The molecule has 0 aromatic carbocycles. The first-order valence-electron chi connectivity index (χ1n) is 4.55. The van der Waals surface area contributed by atoms with Gasteiger partial charge in [-0.05, 0) is 36.8 Å². The van der Waals surface area contributed by atoms with Gasteiger partial charge in [-0.2, -0.15) is 0 Å². The fourth-order valence-corrected chi connectivity index (χ4v) is 1.46. The quantitative estimate of drug-likeness (QED) is 0.520. The molecule has 1 aliphatic rings. The van der Waals surface area contributed by atoms with Gasteiger partial charge in [0.2, 0.25) is 0 Å². The molecule has 1 aliphatic carbocycles. The largest absolute Gasteiger partial charge is 0.207 e. The van der Waals surface area contributed by atoms with Crippen LogP contribution in [0.15, 0.2) is 29.3 Å². The van der Waals surface area contributed by atoms with Crippen LogP contribution in [0.1, 0.15) is 33.1 Å². The maximum absolute atomic E-state index is 12.8. The molecule has 0 nitrogen and oxygen atoms in total. The van der Waals surface area contributed by atoms with Gasteiger partial charge < -0.3 is 0 Å². The average molecular weight is 166 g/mol. The van der Waals surface area contributed by atoms with Crippen LogP contribution in [0.25, 0.3) is 0 Å². The number of allylic oxidation sites excluding steroid dienone is 3. The molecule has 0 aromatic heterocycles. The molecule has 0 spiro atoms. The Kier molecular flexibility index (Phi) is 3.31. The van der Waals surface area contributed by atoms with Gasteiger partial charge in [0.25, 0.3) is 0 Å². The fourth-order valence-electron chi connectivity index (χ4n) is 1.46. The van der Waals surface area contributed by atoms with Crippen molar-refractivity contribution < 1.29 is 4.39 Å². The van der Waals surface area contributed by atoms with E-state index < -0.39 is 0 Å². The molecule has 66 valence electrons. The van der Waals surface area contributed by atoms with Crippen LogP contribution < -0.4 is 0 Å². The van der Waals surface area contributed by atoms with Crippen LogP contribution in [0.2, 0.25) is 0 Å². The Morgan fingerprint density at radius 3 is 3.08 bits per heavy atom. The SMILES string of the molecule is CCC1=C=CC(F)=CCCC1C. The summed E-state index contributed by atoms with van der Waals surface area (Å²) in [5, 5.41) is 0. The van der Waals surface area contributed by atoms with E-state index in [0.717, 1.165) is 19.3 Å². The Balaban J connectivity index is 2.90. The first-order valence-corrected chi connectivity index (χ1v) is 4.55. The van der Waals surface area contributed by atoms with Gasteiger partial charge in [-0.15, -0.1) is 5.73 Å². The molecule has 1 unspecified atom stereocenters. The Bertz CT molecular complexity index is 242. The van der Waals surface area contributed by atoms with E-state index in [0.29, 0.717) is 5.92 Å². The molecule has 0 fully saturated rings. The molecule has 0 aromatic rings. The number of rotatable bonds is 1. The zero-order chi connectivity index (χ0) is 8.97. The van der Waals surface area contributed by atoms with Crippen LogP contribution in [-0.2, 0) is 0 Å². The molecule has 0 radical (unpaired) electrons. The minimum absolute atomic E-state index is 0.146. The monoisotopic (exact) mass is 166 g/mol. The summed E-state index contributed by atoms with van der Waals surface area (Å²) in [4.78, 5) is 0. The minimum Gasteiger partial charge on any atom is -0.207 e. The Morgan fingerprint density at radius 1 is 1.67 bits per heavy atom. The number of halogens is 1. The molecule has 1 atom stereocenters. The van der Waals surface area contributed by atoms with Gasteiger partial charge in [-0.1, -0.05) is 13.8 Å². The highest BCUT2D eigenvalue weighted by molar-refractivity contribution is 5.17. The van der Waals surface area contributed by atoms with E-state index in [2.05, 4.69) is 19.6 Å². The molecule has 12 heavy (non-hydrogen) atoms. The van der Waals surface area contributed by atoms with Crippen LogP contribution in [0.5, 0.6) is 0 Å². The molecule has 1 heteroatoms. The maximum atomic E-state index is 12.8. The van der Waals surface area contributed by atoms with Gasteiger partial charge in [-0.3, -0.25) is 0 Å². The van der Waals surface area contributed by atoms with Crippen molar-refractivity contribution in [2.24, 2.45) is 5.92 Å². The van der Waals surface area contributed by atoms with Crippen LogP contribution >= 0.6 is 0 Å². The third-order valence-corrected chi connectivity index (χ3v) is 2.31. The van der Waals surface area contributed by atoms with E-state index in [4.69, 9.17) is 0 Å². The molecule has 0 aliphatic heterocycles. The maximum Gasteiger partial charge on any atom is 0.126 e. The van der Waals surface area contributed by atoms with Crippen LogP contribution in [0.3, 0.4) is 0 Å². The van der Waals surface area contributed by atoms with E-state index >= 15 is 0 Å². The predicted molar refractivity (Wildman–Crippen MR) is 49.5 cm³/mol. The molecule has 0 bridgehead atoms. The molecule has 0 amide bonds. The lowest BCUT2D eigenvalue weighted by Gasteiger charge is -2.12. The average Bonchev–Trinajstić information content (AvgIpc) is 2.03. The zero-order valence-electron chi connectivity index (χ0n) is 7.73. The normalized spacial score (nSPS) is 24.1. The number of hydrogen-bond acceptors (Lipinski definition) is 0. The van der Waals surface area contributed by atoms with Gasteiger partial charge in [0.1, 0.15) is 5.83 Å². The lowest BCUT2D eigenvalue weighted by atomic mass is 9.93. The Morgan fingerprint density at radius 2 is 2.42 bits per heavy atom. The summed E-state index contributed by atoms with van der Waals surface area (Å²) in [7, 11) is 0. The van der Waals surface area contributed by atoms with Crippen molar-refractivity contribution in [3.8, 4) is 0 Å². The topological polar surface area (TPSA) is 0 Å². The van der Waals surface area contributed by atoms with E-state index in [-0.39, 0.29) is 5.83 Å². The summed E-state index contributed by atoms with van der Waals surface area (Å²) in [5.74, 6) is 0.406. The molecule has 1 rings (SSSR count). The van der Waals surface area contributed by atoms with Gasteiger partial charge in [-0.25, -0.2) is 4.39 Å². The summed E-state index contributed by atoms with van der Waals surface area (Å²) >= 11 is 0. The second-order valence-electron chi connectivity index (χ2n) is 3.23. The van der Waals surface area contributed by atoms with E-state index in [9.17, 15) is 4.39 Å². The van der Waals surface area contributed by atoms with Crippen molar-refractivity contribution in [2.45, 2.75) is 33.1 Å². The zero-order valence-corrected chi connectivity index (χ0v) is 7.73. The Hall–Kier alpha value is -0.810. The Labute approximate surface area is 73.5 Å². The second kappa shape index (κ2) is 4.27. The fraction of sp³-hybridized carbons (Fsp3) is 0.545. The van der Waals surface area contributed by atoms with Crippen molar-refractivity contribution in [2.75, 3.05) is 0 Å². The highest BCUT2D eigenvalue weighted by Gasteiger charge is 2.07. The third kappa shape index (κ3) is 2.35. The summed E-state index contributed by atoms with van der Waals surface area (Å²) in [6, 6.07) is 0. The third-order valence-electron chi connectivity index (χ3n) is 2.31. The summed E-state index contributed by atoms with van der Waals surface area (Å²) in [6.45, 7) is 4.27. The van der Waals surface area contributed by atoms with Crippen LogP contribution in [0.4, 0.5) is 4.39 Å². The number of hydrogen-bond donors (Lipinski definition) is 0. The first-order chi connectivity index (χ1) is 5.74. The molecular weight excluding hydrogens is 151 g/mol. The van der Waals surface area contributed by atoms with E-state index in [1.54, 1.807) is 6.08 Å². The second-order valence-corrected chi connectivity index (χ2v) is 3.23. The summed E-state index contributed by atoms with van der Waals surface area (Å²) in [5.41, 5.74) is 4.25. The van der Waals surface area contributed by atoms with Crippen molar-refractivity contribution >= 4 is 0 Å². The molecule has 0 N–H and O–H groups in total. The summed E-state index contributed by atoms with van der Waals surface area (Å²) in [6.07, 6.45) is 5.95. The first kappa shape index (κ1) is 9.28. The van der Waals surface area contributed by atoms with Crippen molar-refractivity contribution in [3.63, 3.8) is 0 Å². The summed E-state index contributed by atoms with van der Waals surface area (Å²) < 4.78 is 12.8. The van der Waals surface area contributed by atoms with Crippen LogP contribution in [-0.4, -0.2) is 0 Å². The van der Waals surface area contributed by atoms with Gasteiger partial charge in [0.15, 0.2) is 0 Å². The van der Waals surface area contributed by atoms with Crippen molar-refractivity contribution in [1.29, 1.82) is 0 Å². The molecular formula is C11H15F. The van der Waals surface area contributed by atoms with Crippen LogP contribution in [0, 0.1) is 5.92 Å². The highest BCUT2D eigenvalue weighted by Crippen LogP contribution is 2.21. The van der Waals surface area contributed by atoms with E-state index in [1.165, 1.54) is 11.6 Å². The standard InChI is InChI=1S/C11H15F/c1-3-10-7-8-11(12)6-4-5-9(10)2/h6,8-9H,3-5H2,1-2H3. The van der Waals surface area contributed by atoms with E-state index in [1.807, 2.05) is 0 Å². The molecule has 0 saturated heterocycles. The lowest BCUT2D eigenvalue weighted by Crippen LogP contribution is -1.98. The predicted octanol–water partition coefficient (Wildman–Crippen LogP) is 3.76. The van der Waals surface area contributed by atoms with Crippen molar-refractivity contribution in [1.82, 2.24) is 0 Å². The smallest absolute Gasteiger partial charge is 0.126 e. The highest BCUT2D eigenvalue weighted by atomic mass is 19.1. The van der Waals surface area contributed by atoms with Crippen molar-refractivity contribution in [3.05, 3.63) is 29.3 Å². The lowest BCUT2D eigenvalue weighted by molar-refractivity contribution is 0.587. The molecule has 0 saturated carbocycles. The minimum atomic E-state index is -0.146.